The van der Waals surface area contributed by atoms with Crippen LogP contribution in [0.2, 0.25) is 0 Å². The van der Waals surface area contributed by atoms with Crippen molar-refractivity contribution in [2.45, 2.75) is 108 Å². The third kappa shape index (κ3) is 16.4. The number of aliphatic hydroxyl groups is 1. The molecule has 80 heavy (non-hydrogen) atoms. The molecule has 1 amide bonds. The minimum absolute atomic E-state index is 0.0258. The molecule has 4 N–H and O–H groups in total. The number of sulfonamides is 2. The predicted octanol–water partition coefficient (Wildman–Crippen LogP) is 10.2. The summed E-state index contributed by atoms with van der Waals surface area (Å²) in [5, 5.41) is 23.3. The van der Waals surface area contributed by atoms with Crippen molar-refractivity contribution >= 4 is 37.5 Å². The zero-order valence-electron chi connectivity index (χ0n) is 44.6. The Labute approximate surface area is 465 Å². The van der Waals surface area contributed by atoms with Gasteiger partial charge in [0.2, 0.25) is 15.9 Å². The molecular weight excluding hydrogens is 1090 g/mol. The lowest BCUT2D eigenvalue weighted by Crippen LogP contribution is -2.29. The number of halogens is 2. The van der Waals surface area contributed by atoms with Crippen LogP contribution in [0.3, 0.4) is 0 Å². The van der Waals surface area contributed by atoms with Crippen molar-refractivity contribution < 1.29 is 57.6 Å². The van der Waals surface area contributed by atoms with Gasteiger partial charge in [-0.2, -0.15) is 18.2 Å². The van der Waals surface area contributed by atoms with E-state index in [9.17, 15) is 40.3 Å². The topological polar surface area (TPSA) is 274 Å². The van der Waals surface area contributed by atoms with Gasteiger partial charge < -0.3 is 18.8 Å². The summed E-state index contributed by atoms with van der Waals surface area (Å²) in [6.45, 7) is 10.6. The Bertz CT molecular complexity index is 3720. The second kappa shape index (κ2) is 27.4. The number of ether oxygens (including phenoxy) is 1. The Morgan fingerprint density at radius 1 is 0.825 bits per heavy atom. The van der Waals surface area contributed by atoms with Crippen LogP contribution in [-0.4, -0.2) is 68.4 Å². The lowest BCUT2D eigenvalue weighted by molar-refractivity contribution is -0.119. The first-order valence-corrected chi connectivity index (χ1v) is 28.8. The summed E-state index contributed by atoms with van der Waals surface area (Å²) in [5.41, 5.74) is 5.80. The van der Waals surface area contributed by atoms with E-state index in [4.69, 9.17) is 27.2 Å². The number of primary sulfonamides is 1. The van der Waals surface area contributed by atoms with Gasteiger partial charge in [0, 0.05) is 48.4 Å². The zero-order valence-corrected chi connectivity index (χ0v) is 47.1. The van der Waals surface area contributed by atoms with Crippen molar-refractivity contribution in [2.75, 3.05) is 6.61 Å². The van der Waals surface area contributed by atoms with Crippen molar-refractivity contribution in [1.29, 1.82) is 0 Å². The van der Waals surface area contributed by atoms with Crippen LogP contribution in [-0.2, 0) is 36.4 Å². The molecule has 1 saturated carbocycles. The number of oxazole rings is 1. The number of amides is 1. The average molecular weight is 1160 g/mol. The fraction of sp³-hybridized carbons (Fsp3) is 0.281. The van der Waals surface area contributed by atoms with E-state index in [0.29, 0.717) is 35.2 Å². The molecule has 8 aromatic rings. The van der Waals surface area contributed by atoms with Crippen molar-refractivity contribution in [2.24, 2.45) is 5.14 Å². The average Bonchev–Trinajstić information content (AvgIpc) is 4.10. The molecule has 0 saturated heterocycles. The summed E-state index contributed by atoms with van der Waals surface area (Å²) >= 11 is -0.750. The van der Waals surface area contributed by atoms with Crippen molar-refractivity contribution in [3.8, 4) is 56.3 Å². The predicted molar refractivity (Wildman–Crippen MR) is 297 cm³/mol. The molecule has 3 heterocycles. The molecule has 1 aliphatic carbocycles. The van der Waals surface area contributed by atoms with E-state index in [0.717, 1.165) is 74.5 Å². The van der Waals surface area contributed by atoms with Gasteiger partial charge in [0.1, 0.15) is 11.5 Å². The number of nitrogens with zero attached hydrogens (tertiary/aromatic N) is 4. The van der Waals surface area contributed by atoms with Gasteiger partial charge in [-0.05, 0) is 100 Å². The van der Waals surface area contributed by atoms with Crippen LogP contribution in [0.4, 0.5) is 8.78 Å². The van der Waals surface area contributed by atoms with Gasteiger partial charge in [-0.1, -0.05) is 104 Å². The third-order valence-corrected chi connectivity index (χ3v) is 14.9. The molecule has 3 aromatic heterocycles. The Balaban J connectivity index is 0.000000190. The number of nitrogens with one attached hydrogen (secondary N) is 1. The van der Waals surface area contributed by atoms with E-state index in [1.165, 1.54) is 55.8 Å². The maximum atomic E-state index is 13.6. The van der Waals surface area contributed by atoms with Crippen LogP contribution in [0, 0.1) is 32.4 Å². The number of hydrogen-bond donors (Lipinski definition) is 3. The molecule has 1 fully saturated rings. The monoisotopic (exact) mass is 1150 g/mol. The third-order valence-electron chi connectivity index (χ3n) is 12.5. The molecule has 0 aliphatic heterocycles. The van der Waals surface area contributed by atoms with Gasteiger partial charge in [-0.3, -0.25) is 9.59 Å². The number of aryl methyl sites for hydroxylation is 3. The van der Waals surface area contributed by atoms with Gasteiger partial charge >= 0.3 is 17.1 Å². The number of nitrogens with two attached hydrogens (primary N) is 1. The molecule has 18 nitrogen and oxygen atoms in total. The molecule has 23 heteroatoms. The number of aromatic nitrogens is 4. The highest BCUT2D eigenvalue weighted by molar-refractivity contribution is 7.90. The number of carbonyl (C=O) groups excluding carboxylic acids is 1. The van der Waals surface area contributed by atoms with Crippen LogP contribution in [0.1, 0.15) is 94.5 Å². The Morgan fingerprint density at radius 2 is 1.43 bits per heavy atom. The summed E-state index contributed by atoms with van der Waals surface area (Å²) in [5.74, 6) is -0.148. The highest BCUT2D eigenvalue weighted by Gasteiger charge is 2.25. The summed E-state index contributed by atoms with van der Waals surface area (Å²) in [6.07, 6.45) is 7.84. The lowest BCUT2D eigenvalue weighted by Gasteiger charge is -2.20. The molecule has 1 aliphatic rings. The number of benzene rings is 5. The minimum atomic E-state index is -3.87. The zero-order chi connectivity index (χ0) is 58.4. The molecule has 0 bridgehead atoms. The Kier molecular flexibility index (Phi) is 21.0. The first-order chi connectivity index (χ1) is 37.9. The quantitative estimate of drug-likeness (QED) is 0.0913. The second-order valence-corrected chi connectivity index (χ2v) is 22.5. The van der Waals surface area contributed by atoms with Crippen LogP contribution in [0.5, 0.6) is 5.75 Å². The van der Waals surface area contributed by atoms with E-state index in [1.807, 2.05) is 73.2 Å². The summed E-state index contributed by atoms with van der Waals surface area (Å²) < 4.78 is 110. The van der Waals surface area contributed by atoms with Gasteiger partial charge in [-0.25, -0.2) is 40.5 Å². The highest BCUT2D eigenvalue weighted by atomic mass is 32.2. The Morgan fingerprint density at radius 3 is 2.01 bits per heavy atom. The van der Waals surface area contributed by atoms with Gasteiger partial charge in [-0.15, -0.1) is 0 Å². The fourth-order valence-electron chi connectivity index (χ4n) is 8.41. The first kappa shape index (κ1) is 61.4. The summed E-state index contributed by atoms with van der Waals surface area (Å²) in [4.78, 5) is 29.2. The van der Waals surface area contributed by atoms with Gasteiger partial charge in [0.25, 0.3) is 10.0 Å². The minimum Gasteiger partial charge on any atom is -0.487 e. The molecule has 0 atom stereocenters. The molecule has 422 valence electrons. The summed E-state index contributed by atoms with van der Waals surface area (Å²) in [7, 11) is -7.54. The normalized spacial score (nSPS) is 12.6. The van der Waals surface area contributed by atoms with E-state index < -0.39 is 60.3 Å². The maximum Gasteiger partial charge on any atom is 0.335 e. The number of rotatable bonds is 14. The van der Waals surface area contributed by atoms with Crippen molar-refractivity contribution in [3.05, 3.63) is 172 Å². The summed E-state index contributed by atoms with van der Waals surface area (Å²) in [6, 6.07) is 32.9. The lowest BCUT2D eigenvalue weighted by atomic mass is 9.85. The van der Waals surface area contributed by atoms with Crippen LogP contribution < -0.4 is 20.2 Å². The SMILES string of the molecule is CCC(=O)NS(=O)(=O)c1ccc(-c2c(-c3ccccc3)noc2C)cc1.Cc1ccc(-c2cnn(-c3ccc(F)c(F)c3)c(=O)c2OCCC(C)(C)O)cc1.Cc1nc(C2CCCCC2)c(-c2ccc(S(N)(=O)=O)cc2)o1.O=S=O. The van der Waals surface area contributed by atoms with E-state index in [-0.39, 0.29) is 34.3 Å². The Hall–Kier alpha value is -7.83. The fourth-order valence-corrected chi connectivity index (χ4v) is 9.98. The molecule has 5 aromatic carbocycles. The smallest absolute Gasteiger partial charge is 0.335 e. The van der Waals surface area contributed by atoms with Crippen molar-refractivity contribution in [1.82, 2.24) is 24.6 Å². The van der Waals surface area contributed by atoms with Crippen LogP contribution >= 0.6 is 0 Å². The van der Waals surface area contributed by atoms with Gasteiger partial charge in [0.05, 0.1) is 45.1 Å². The molecule has 0 unspecified atom stereocenters. The van der Waals surface area contributed by atoms with Gasteiger partial charge in [0.15, 0.2) is 29.0 Å². The number of hydrogen-bond acceptors (Lipinski definition) is 15. The van der Waals surface area contributed by atoms with Crippen LogP contribution in [0.15, 0.2) is 151 Å². The number of carbonyl (C=O) groups is 1. The standard InChI is InChI=1S/C22H22F2N2O3.C19H18N2O4S.C16H20N2O3S.O2S/c1-14-4-6-15(7-5-14)17-13-25-26(16-8-9-18(23)19(24)12-16)21(27)20(17)29-11-10-22(2,3)28;1-3-17(22)21-26(23,24)16-11-9-14(10-12-16)18-13(2)25-20-19(18)15-7-5-4-6-8-15;1-11-18-15(12-5-3-2-4-6-12)16(21-11)13-7-9-14(10-8-13)22(17,19)20;1-3-2/h4-9,12-13,28H,10-11H2,1-3H3;4-12H,3H2,1-2H3,(H,21,22);7-10,12H,2-6H2,1H3,(H2,17,19,20);. The molecular formula is C57H60F2N6O12S3. The van der Waals surface area contributed by atoms with E-state index in [2.05, 4.69) is 15.2 Å². The van der Waals surface area contributed by atoms with E-state index >= 15 is 0 Å². The maximum absolute atomic E-state index is 13.6. The first-order valence-electron chi connectivity index (χ1n) is 25.1. The molecule has 9 rings (SSSR count). The second-order valence-electron chi connectivity index (χ2n) is 19.1. The highest BCUT2D eigenvalue weighted by Crippen LogP contribution is 2.39. The van der Waals surface area contributed by atoms with E-state index in [1.54, 1.807) is 52.0 Å². The van der Waals surface area contributed by atoms with Crippen molar-refractivity contribution in [3.63, 3.8) is 0 Å². The van der Waals surface area contributed by atoms with Crippen LogP contribution in [0.25, 0.3) is 50.5 Å². The molecule has 0 radical (unpaired) electrons. The largest absolute Gasteiger partial charge is 0.487 e. The molecule has 0 spiro atoms.